The van der Waals surface area contributed by atoms with Crippen molar-refractivity contribution >= 4 is 60.6 Å². The Hall–Kier alpha value is -1.90. The summed E-state index contributed by atoms with van der Waals surface area (Å²) in [4.78, 5) is 17.6. The molecule has 0 saturated heterocycles. The average molecular weight is 558 g/mol. The van der Waals surface area contributed by atoms with Crippen molar-refractivity contribution in [1.29, 1.82) is 0 Å². The number of halogens is 3. The van der Waals surface area contributed by atoms with Crippen LogP contribution in [0.15, 0.2) is 43.1 Å². The molecule has 0 amide bonds. The molecule has 0 spiro atoms. The van der Waals surface area contributed by atoms with Gasteiger partial charge in [0.1, 0.15) is 10.8 Å². The van der Waals surface area contributed by atoms with Gasteiger partial charge < -0.3 is 9.47 Å². The Bertz CT molecular complexity index is 1180. The van der Waals surface area contributed by atoms with Gasteiger partial charge in [-0.25, -0.2) is 4.98 Å². The molecule has 0 atom stereocenters. The number of hydrogen-bond acceptors (Lipinski definition) is 5. The Balaban J connectivity index is 2.14. The van der Waals surface area contributed by atoms with Crippen molar-refractivity contribution in [3.05, 3.63) is 60.0 Å². The highest BCUT2D eigenvalue weighted by Gasteiger charge is 2.17. The van der Waals surface area contributed by atoms with E-state index in [1.54, 1.807) is 18.3 Å². The Kier molecular flexibility index (Phi) is 7.55. The first-order chi connectivity index (χ1) is 14.4. The molecule has 2 aromatic carbocycles. The van der Waals surface area contributed by atoms with Crippen molar-refractivity contribution in [2.75, 3.05) is 13.2 Å². The number of rotatable bonds is 7. The van der Waals surface area contributed by atoms with Gasteiger partial charge in [0.2, 0.25) is 0 Å². The van der Waals surface area contributed by atoms with E-state index in [4.69, 9.17) is 21.1 Å². The third-order valence-corrected chi connectivity index (χ3v) is 6.18. The van der Waals surface area contributed by atoms with E-state index in [0.717, 1.165) is 4.47 Å². The molecule has 3 aromatic rings. The summed E-state index contributed by atoms with van der Waals surface area (Å²) in [5.74, 6) is 1.54. The van der Waals surface area contributed by atoms with Gasteiger partial charge >= 0.3 is 0 Å². The second kappa shape index (κ2) is 9.94. The maximum atomic E-state index is 13.0. The van der Waals surface area contributed by atoms with Crippen molar-refractivity contribution in [3.8, 4) is 11.5 Å². The maximum absolute atomic E-state index is 13.0. The summed E-state index contributed by atoms with van der Waals surface area (Å²) < 4.78 is 14.0. The van der Waals surface area contributed by atoms with E-state index in [1.807, 2.05) is 32.9 Å². The number of hydrogen-bond donors (Lipinski definition) is 0. The minimum atomic E-state index is -0.243. The molecule has 0 N–H and O–H groups in total. The highest BCUT2D eigenvalue weighted by Crippen LogP contribution is 2.42. The summed E-state index contributed by atoms with van der Waals surface area (Å²) in [6.07, 6.45) is 2.11. The van der Waals surface area contributed by atoms with Gasteiger partial charge in [0, 0.05) is 20.9 Å². The molecule has 0 aliphatic heterocycles. The first-order valence-corrected chi connectivity index (χ1v) is 11.4. The largest absolute Gasteiger partial charge is 0.490 e. The molecule has 0 saturated carbocycles. The third-order valence-electron chi connectivity index (χ3n) is 4.25. The van der Waals surface area contributed by atoms with Crippen LogP contribution in [0.3, 0.4) is 0 Å². The van der Waals surface area contributed by atoms with Gasteiger partial charge in [-0.05, 0) is 54.0 Å². The summed E-state index contributed by atoms with van der Waals surface area (Å²) >= 11 is 13.4. The topological polar surface area (TPSA) is 65.7 Å². The molecule has 0 radical (unpaired) electrons. The zero-order chi connectivity index (χ0) is 21.8. The monoisotopic (exact) mass is 555 g/mol. The Morgan fingerprint density at radius 2 is 1.90 bits per heavy atom. The molecular formula is C21H20Br2ClN3O3. The van der Waals surface area contributed by atoms with Crippen LogP contribution in [0, 0.1) is 0 Å². The molecule has 3 rings (SSSR count). The molecule has 1 aromatic heterocycles. The number of aromatic nitrogens is 2. The third kappa shape index (κ3) is 4.55. The summed E-state index contributed by atoms with van der Waals surface area (Å²) in [5.41, 5.74) is 1.04. The average Bonchev–Trinajstić information content (AvgIpc) is 2.73. The van der Waals surface area contributed by atoms with E-state index >= 15 is 0 Å². The Morgan fingerprint density at radius 1 is 1.17 bits per heavy atom. The zero-order valence-electron chi connectivity index (χ0n) is 16.7. The van der Waals surface area contributed by atoms with E-state index in [9.17, 15) is 4.79 Å². The van der Waals surface area contributed by atoms with Crippen molar-refractivity contribution in [1.82, 2.24) is 9.66 Å². The number of benzene rings is 2. The minimum Gasteiger partial charge on any atom is -0.490 e. The Labute approximate surface area is 196 Å². The molecule has 158 valence electrons. The molecule has 30 heavy (non-hydrogen) atoms. The second-order valence-electron chi connectivity index (χ2n) is 6.19. The predicted octanol–water partition coefficient (Wildman–Crippen LogP) is 5.82. The van der Waals surface area contributed by atoms with Gasteiger partial charge in [0.15, 0.2) is 11.5 Å². The van der Waals surface area contributed by atoms with Crippen LogP contribution in [0.4, 0.5) is 0 Å². The SMILES string of the molecule is CCOc1cc(C=Nn2c(CC)nc3ccc(Br)cc3c2=O)c(Br)c(Cl)c1OCC. The lowest BCUT2D eigenvalue weighted by molar-refractivity contribution is 0.287. The quantitative estimate of drug-likeness (QED) is 0.344. The minimum absolute atomic E-state index is 0.243. The second-order valence-corrected chi connectivity index (χ2v) is 8.28. The van der Waals surface area contributed by atoms with Gasteiger partial charge in [-0.3, -0.25) is 4.79 Å². The Morgan fingerprint density at radius 3 is 2.57 bits per heavy atom. The van der Waals surface area contributed by atoms with Gasteiger partial charge in [0.05, 0.1) is 30.3 Å². The number of aryl methyl sites for hydroxylation is 1. The van der Waals surface area contributed by atoms with Crippen LogP contribution in [-0.2, 0) is 6.42 Å². The predicted molar refractivity (Wildman–Crippen MR) is 128 cm³/mol. The van der Waals surface area contributed by atoms with Gasteiger partial charge in [-0.15, -0.1) is 0 Å². The highest BCUT2D eigenvalue weighted by atomic mass is 79.9. The lowest BCUT2D eigenvalue weighted by atomic mass is 10.2. The molecule has 0 bridgehead atoms. The molecule has 6 nitrogen and oxygen atoms in total. The van der Waals surface area contributed by atoms with Crippen LogP contribution in [0.2, 0.25) is 5.02 Å². The molecule has 0 aliphatic carbocycles. The smallest absolute Gasteiger partial charge is 0.282 e. The number of ether oxygens (including phenoxy) is 2. The normalized spacial score (nSPS) is 11.4. The number of fused-ring (bicyclic) bond motifs is 1. The molecule has 0 fully saturated rings. The summed E-state index contributed by atoms with van der Waals surface area (Å²) in [6, 6.07) is 7.18. The van der Waals surface area contributed by atoms with Crippen LogP contribution in [0.1, 0.15) is 32.2 Å². The van der Waals surface area contributed by atoms with Crippen molar-refractivity contribution in [2.24, 2.45) is 5.10 Å². The van der Waals surface area contributed by atoms with Crippen LogP contribution in [0.5, 0.6) is 11.5 Å². The van der Waals surface area contributed by atoms with E-state index in [2.05, 4.69) is 41.9 Å². The number of nitrogens with zero attached hydrogens (tertiary/aromatic N) is 3. The fraction of sp³-hybridized carbons (Fsp3) is 0.286. The van der Waals surface area contributed by atoms with Crippen molar-refractivity contribution < 1.29 is 9.47 Å². The fourth-order valence-corrected chi connectivity index (χ4v) is 3.92. The van der Waals surface area contributed by atoms with Gasteiger partial charge in [-0.2, -0.15) is 9.78 Å². The van der Waals surface area contributed by atoms with Gasteiger partial charge in [-0.1, -0.05) is 34.5 Å². The lowest BCUT2D eigenvalue weighted by Crippen LogP contribution is -2.22. The standard InChI is InChI=1S/C21H20Br2ClN3O3/c1-4-17-26-15-8-7-13(22)10-14(15)21(28)27(17)25-11-12-9-16(29-5-2)20(30-6-3)19(24)18(12)23/h7-11H,4-6H2,1-3H3. The van der Waals surface area contributed by atoms with E-state index in [0.29, 0.717) is 62.9 Å². The summed E-state index contributed by atoms with van der Waals surface area (Å²) in [7, 11) is 0. The van der Waals surface area contributed by atoms with Crippen molar-refractivity contribution in [3.63, 3.8) is 0 Å². The summed E-state index contributed by atoms with van der Waals surface area (Å²) in [6.45, 7) is 6.59. The molecule has 0 aliphatic rings. The molecular weight excluding hydrogens is 538 g/mol. The van der Waals surface area contributed by atoms with E-state index < -0.39 is 0 Å². The van der Waals surface area contributed by atoms with E-state index in [-0.39, 0.29) is 5.56 Å². The fourth-order valence-electron chi connectivity index (χ4n) is 2.90. The molecule has 0 unspecified atom stereocenters. The van der Waals surface area contributed by atoms with Crippen LogP contribution < -0.4 is 15.0 Å². The zero-order valence-corrected chi connectivity index (χ0v) is 20.6. The first kappa shape index (κ1) is 22.8. The lowest BCUT2D eigenvalue weighted by Gasteiger charge is -2.15. The van der Waals surface area contributed by atoms with Crippen LogP contribution in [0.25, 0.3) is 10.9 Å². The van der Waals surface area contributed by atoms with E-state index in [1.165, 1.54) is 4.68 Å². The molecule has 1 heterocycles. The van der Waals surface area contributed by atoms with Crippen molar-refractivity contribution in [2.45, 2.75) is 27.2 Å². The molecule has 9 heteroatoms. The van der Waals surface area contributed by atoms with Crippen LogP contribution >= 0.6 is 43.5 Å². The maximum Gasteiger partial charge on any atom is 0.282 e. The highest BCUT2D eigenvalue weighted by molar-refractivity contribution is 9.10. The van der Waals surface area contributed by atoms with Gasteiger partial charge in [0.25, 0.3) is 5.56 Å². The van der Waals surface area contributed by atoms with Crippen LogP contribution in [-0.4, -0.2) is 29.1 Å². The summed E-state index contributed by atoms with van der Waals surface area (Å²) in [5, 5.41) is 5.29. The first-order valence-electron chi connectivity index (χ1n) is 9.44.